The first-order chi connectivity index (χ1) is 19.7. The molecule has 10 nitrogen and oxygen atoms in total. The fraction of sp³-hybridized carbons (Fsp3) is 0.968. The number of nitrogens with one attached hydrogen (secondary N) is 1. The molecular weight excluding hydrogens is 530 g/mol. The van der Waals surface area contributed by atoms with Gasteiger partial charge in [-0.05, 0) is 69.1 Å². The Hall–Kier alpha value is -0.850. The number of aliphatic hydroxyl groups excluding tert-OH is 6. The lowest BCUT2D eigenvalue weighted by molar-refractivity contribution is -0.303. The molecule has 2 bridgehead atoms. The van der Waals surface area contributed by atoms with Gasteiger partial charge in [0.25, 0.3) is 0 Å². The number of aliphatic hydroxyl groups is 6. The van der Waals surface area contributed by atoms with Crippen LogP contribution in [0.5, 0.6) is 0 Å². The lowest BCUT2D eigenvalue weighted by atomic mass is 9.59. The van der Waals surface area contributed by atoms with E-state index in [2.05, 4.69) is 5.32 Å². The molecule has 240 valence electrons. The zero-order chi connectivity index (χ0) is 29.8. The molecule has 3 aliphatic carbocycles. The van der Waals surface area contributed by atoms with Gasteiger partial charge in [0.05, 0.1) is 25.4 Å². The van der Waals surface area contributed by atoms with Gasteiger partial charge in [-0.25, -0.2) is 0 Å². The summed E-state index contributed by atoms with van der Waals surface area (Å²) >= 11 is 0. The molecule has 1 aliphatic heterocycles. The monoisotopic (exact) mass is 587 g/mol. The summed E-state index contributed by atoms with van der Waals surface area (Å²) in [4.78, 5) is 12.6. The Morgan fingerprint density at radius 2 is 1.49 bits per heavy atom. The van der Waals surface area contributed by atoms with Crippen molar-refractivity contribution in [1.82, 2.24) is 5.32 Å². The molecule has 4 fully saturated rings. The smallest absolute Gasteiger partial charge is 0.220 e. The number of carbonyl (C=O) groups is 1. The molecular formula is C31H57NO9. The zero-order valence-corrected chi connectivity index (χ0v) is 25.0. The van der Waals surface area contributed by atoms with Crippen LogP contribution in [0.25, 0.3) is 0 Å². The number of fused-ring (bicyclic) bond motifs is 3. The number of hydrogen-bond acceptors (Lipinski definition) is 9. The first kappa shape index (κ1) is 34.6. The molecule has 41 heavy (non-hydrogen) atoms. The van der Waals surface area contributed by atoms with Gasteiger partial charge >= 0.3 is 0 Å². The van der Waals surface area contributed by atoms with Gasteiger partial charge in [0.15, 0.2) is 6.29 Å². The minimum Gasteiger partial charge on any atom is -0.394 e. The summed E-state index contributed by atoms with van der Waals surface area (Å²) in [6, 6.07) is -0.979. The van der Waals surface area contributed by atoms with Crippen molar-refractivity contribution >= 4 is 5.91 Å². The van der Waals surface area contributed by atoms with Crippen molar-refractivity contribution in [3.05, 3.63) is 0 Å². The Kier molecular flexibility index (Phi) is 14.7. The Morgan fingerprint density at radius 1 is 0.902 bits per heavy atom. The molecule has 7 N–H and O–H groups in total. The maximum Gasteiger partial charge on any atom is 0.220 e. The van der Waals surface area contributed by atoms with E-state index in [0.29, 0.717) is 5.41 Å². The van der Waals surface area contributed by atoms with E-state index < -0.39 is 55.6 Å². The quantitative estimate of drug-likeness (QED) is 0.112. The summed E-state index contributed by atoms with van der Waals surface area (Å²) in [5.41, 5.74) is 0.686. The highest BCUT2D eigenvalue weighted by Crippen LogP contribution is 2.52. The average Bonchev–Trinajstić information content (AvgIpc) is 2.99. The maximum absolute atomic E-state index is 12.6. The van der Waals surface area contributed by atoms with Crippen molar-refractivity contribution in [2.75, 3.05) is 13.2 Å². The second-order valence-corrected chi connectivity index (χ2v) is 13.0. The van der Waals surface area contributed by atoms with Gasteiger partial charge in [0.1, 0.15) is 30.5 Å². The number of rotatable bonds is 19. The third-order valence-electron chi connectivity index (χ3n) is 9.97. The van der Waals surface area contributed by atoms with Crippen LogP contribution >= 0.6 is 0 Å². The van der Waals surface area contributed by atoms with E-state index in [0.717, 1.165) is 25.2 Å². The second kappa shape index (κ2) is 17.4. The summed E-state index contributed by atoms with van der Waals surface area (Å²) in [7, 11) is 0. The van der Waals surface area contributed by atoms with Crippen LogP contribution in [0.3, 0.4) is 0 Å². The van der Waals surface area contributed by atoms with E-state index in [-0.39, 0.29) is 25.4 Å². The highest BCUT2D eigenvalue weighted by atomic mass is 16.7. The summed E-state index contributed by atoms with van der Waals surface area (Å²) in [5, 5.41) is 62.9. The second-order valence-electron chi connectivity index (χ2n) is 13.0. The van der Waals surface area contributed by atoms with Crippen molar-refractivity contribution < 1.29 is 44.9 Å². The molecule has 0 radical (unpaired) electrons. The standard InChI is InChI=1S/C31H57NO9/c1-2-23(34)26(36)22(20-40-30-29(39)28(38)27(37)24(19-33)41-30)32-25(35)11-9-7-5-3-4-6-8-10-15-31-16-12-21(13-17-31)14-18-31/h21-24,26-30,33-34,36-39H,2-20H2,1H3,(H,32,35)/t21?,22-,23+,24?,26-,27?,28?,29?,30?,31?/m0/s1. The first-order valence-corrected chi connectivity index (χ1v) is 16.3. The van der Waals surface area contributed by atoms with E-state index in [4.69, 9.17) is 9.47 Å². The molecule has 4 aliphatic rings. The van der Waals surface area contributed by atoms with E-state index in [9.17, 15) is 35.4 Å². The topological polar surface area (TPSA) is 169 Å². The van der Waals surface area contributed by atoms with Crippen LogP contribution in [-0.4, -0.2) is 98.7 Å². The molecule has 10 heteroatoms. The molecule has 1 heterocycles. The summed E-state index contributed by atoms with van der Waals surface area (Å²) < 4.78 is 10.9. The number of carbonyl (C=O) groups excluding carboxylic acids is 1. The molecule has 4 rings (SSSR count). The SMILES string of the molecule is CC[C@@H](O)[C@@H](O)[C@H](COC1OC(CO)C(O)C(O)C1O)NC(=O)CCCCCCCCCCC12CCC(CC1)CC2. The number of ether oxygens (including phenoxy) is 2. The number of hydrogen-bond donors (Lipinski definition) is 7. The van der Waals surface area contributed by atoms with E-state index >= 15 is 0 Å². The van der Waals surface area contributed by atoms with Crippen LogP contribution < -0.4 is 5.32 Å². The Morgan fingerprint density at radius 3 is 2.07 bits per heavy atom. The fourth-order valence-electron chi connectivity index (χ4n) is 6.98. The largest absolute Gasteiger partial charge is 0.394 e. The summed E-state index contributed by atoms with van der Waals surface area (Å²) in [5.74, 6) is 0.759. The summed E-state index contributed by atoms with van der Waals surface area (Å²) in [6.07, 6.45) is 10.3. The van der Waals surface area contributed by atoms with Crippen LogP contribution in [0.2, 0.25) is 0 Å². The van der Waals surface area contributed by atoms with Crippen molar-refractivity contribution in [2.24, 2.45) is 11.3 Å². The van der Waals surface area contributed by atoms with Gasteiger partial charge in [-0.15, -0.1) is 0 Å². The van der Waals surface area contributed by atoms with Crippen LogP contribution in [-0.2, 0) is 14.3 Å². The molecule has 0 aromatic heterocycles. The van der Waals surface area contributed by atoms with E-state index in [1.165, 1.54) is 77.0 Å². The van der Waals surface area contributed by atoms with Crippen LogP contribution in [0.15, 0.2) is 0 Å². The highest BCUT2D eigenvalue weighted by molar-refractivity contribution is 5.76. The molecule has 1 saturated heterocycles. The third-order valence-corrected chi connectivity index (χ3v) is 9.97. The Balaban J connectivity index is 1.29. The number of unbranched alkanes of at least 4 members (excludes halogenated alkanes) is 7. The lowest BCUT2D eigenvalue weighted by Gasteiger charge is -2.47. The Bertz CT molecular complexity index is 731. The first-order valence-electron chi connectivity index (χ1n) is 16.3. The van der Waals surface area contributed by atoms with Gasteiger partial charge in [-0.1, -0.05) is 51.9 Å². The van der Waals surface area contributed by atoms with Gasteiger partial charge in [-0.2, -0.15) is 0 Å². The molecule has 5 unspecified atom stereocenters. The van der Waals surface area contributed by atoms with Crippen LogP contribution in [0.1, 0.15) is 116 Å². The minimum absolute atomic E-state index is 0.259. The van der Waals surface area contributed by atoms with Crippen molar-refractivity contribution in [3.63, 3.8) is 0 Å². The third kappa shape index (κ3) is 10.4. The van der Waals surface area contributed by atoms with Crippen molar-refractivity contribution in [2.45, 2.75) is 165 Å². The van der Waals surface area contributed by atoms with Gasteiger partial charge < -0.3 is 45.4 Å². The predicted molar refractivity (Wildman–Crippen MR) is 154 cm³/mol. The lowest BCUT2D eigenvalue weighted by Crippen LogP contribution is -2.60. The van der Waals surface area contributed by atoms with Crippen LogP contribution in [0, 0.1) is 11.3 Å². The average molecular weight is 588 g/mol. The van der Waals surface area contributed by atoms with Crippen molar-refractivity contribution in [1.29, 1.82) is 0 Å². The normalized spacial score (nSPS) is 33.8. The zero-order valence-electron chi connectivity index (χ0n) is 25.0. The van der Waals surface area contributed by atoms with Gasteiger partial charge in [0.2, 0.25) is 5.91 Å². The molecule has 0 aromatic carbocycles. The molecule has 0 aromatic rings. The predicted octanol–water partition coefficient (Wildman–Crippen LogP) is 2.29. The molecule has 0 spiro atoms. The van der Waals surface area contributed by atoms with Crippen LogP contribution in [0.4, 0.5) is 0 Å². The van der Waals surface area contributed by atoms with Gasteiger partial charge in [-0.3, -0.25) is 4.79 Å². The number of amides is 1. The van der Waals surface area contributed by atoms with E-state index in [1.54, 1.807) is 6.92 Å². The fourth-order valence-corrected chi connectivity index (χ4v) is 6.98. The molecule has 8 atom stereocenters. The summed E-state index contributed by atoms with van der Waals surface area (Å²) in [6.45, 7) is 0.794. The van der Waals surface area contributed by atoms with Gasteiger partial charge in [0, 0.05) is 6.42 Å². The molecule has 1 amide bonds. The maximum atomic E-state index is 12.6. The van der Waals surface area contributed by atoms with E-state index in [1.807, 2.05) is 0 Å². The van der Waals surface area contributed by atoms with Crippen molar-refractivity contribution in [3.8, 4) is 0 Å². The highest BCUT2D eigenvalue weighted by Gasteiger charge is 2.44. The minimum atomic E-state index is -1.60. The molecule has 3 saturated carbocycles. The Labute approximate surface area is 245 Å².